The summed E-state index contributed by atoms with van der Waals surface area (Å²) in [4.78, 5) is 11.8. The molecule has 2 unspecified atom stereocenters. The lowest BCUT2D eigenvalue weighted by Crippen LogP contribution is -2.22. The number of hydrogen-bond acceptors (Lipinski definition) is 4. The number of aryl methyl sites for hydroxylation is 1. The molecule has 0 radical (unpaired) electrons. The number of rotatable bonds is 6. The Morgan fingerprint density at radius 2 is 1.85 bits per heavy atom. The van der Waals surface area contributed by atoms with E-state index in [-0.39, 0.29) is 0 Å². The predicted molar refractivity (Wildman–Crippen MR) is 85.3 cm³/mol. The highest BCUT2D eigenvalue weighted by atomic mass is 15.2. The molecule has 112 valence electrons. The van der Waals surface area contributed by atoms with Gasteiger partial charge in [-0.25, -0.2) is 9.97 Å². The summed E-state index contributed by atoms with van der Waals surface area (Å²) in [5.74, 6) is 4.53. The molecular weight excluding hydrogens is 248 g/mol. The van der Waals surface area contributed by atoms with Gasteiger partial charge in [0.15, 0.2) is 0 Å². The van der Waals surface area contributed by atoms with Gasteiger partial charge in [-0.15, -0.1) is 0 Å². The van der Waals surface area contributed by atoms with Crippen LogP contribution in [-0.2, 0) is 6.42 Å². The van der Waals surface area contributed by atoms with E-state index < -0.39 is 0 Å². The van der Waals surface area contributed by atoms with E-state index in [1.807, 2.05) is 0 Å². The van der Waals surface area contributed by atoms with Crippen molar-refractivity contribution in [1.29, 1.82) is 0 Å². The van der Waals surface area contributed by atoms with Crippen LogP contribution in [0.2, 0.25) is 0 Å². The summed E-state index contributed by atoms with van der Waals surface area (Å²) >= 11 is 0. The summed E-state index contributed by atoms with van der Waals surface area (Å²) in [5, 5.41) is 3.40. The van der Waals surface area contributed by atoms with E-state index in [0.717, 1.165) is 68.2 Å². The highest BCUT2D eigenvalue weighted by molar-refractivity contribution is 5.50. The normalized spacial score (nSPS) is 22.3. The van der Waals surface area contributed by atoms with Crippen molar-refractivity contribution in [3.8, 4) is 0 Å². The number of anilines is 2. The van der Waals surface area contributed by atoms with Gasteiger partial charge in [0.05, 0.1) is 0 Å². The molecule has 4 heteroatoms. The molecular formula is C16H28N4. The maximum Gasteiger partial charge on any atom is 0.134 e. The minimum atomic E-state index is 0.742. The first-order chi connectivity index (χ1) is 9.63. The van der Waals surface area contributed by atoms with Crippen molar-refractivity contribution in [1.82, 2.24) is 9.97 Å². The van der Waals surface area contributed by atoms with Gasteiger partial charge in [-0.2, -0.15) is 0 Å². The Bertz CT molecular complexity index is 422. The lowest BCUT2D eigenvalue weighted by Gasteiger charge is -2.19. The second-order valence-electron chi connectivity index (χ2n) is 6.06. The number of nitrogens with zero attached hydrogens (tertiary/aromatic N) is 3. The van der Waals surface area contributed by atoms with Gasteiger partial charge in [-0.05, 0) is 24.7 Å². The van der Waals surface area contributed by atoms with Crippen molar-refractivity contribution in [3.05, 3.63) is 11.9 Å². The molecule has 20 heavy (non-hydrogen) atoms. The monoisotopic (exact) mass is 276 g/mol. The Morgan fingerprint density at radius 3 is 2.45 bits per heavy atom. The fraction of sp³-hybridized carbons (Fsp3) is 0.750. The second-order valence-corrected chi connectivity index (χ2v) is 6.06. The molecule has 0 spiro atoms. The van der Waals surface area contributed by atoms with Crippen LogP contribution < -0.4 is 10.2 Å². The molecule has 0 aliphatic carbocycles. The topological polar surface area (TPSA) is 41.0 Å². The molecule has 1 N–H and O–H groups in total. The van der Waals surface area contributed by atoms with Crippen molar-refractivity contribution in [2.75, 3.05) is 29.9 Å². The Hall–Kier alpha value is -1.32. The molecule has 2 atom stereocenters. The standard InChI is InChI=1S/C16H28N4/c1-5-7-14-18-15(17-8-6-2)9-16(19-14)20-10-12(3)13(4)11-20/h9,12-13H,5-8,10-11H2,1-4H3,(H,17,18,19). The maximum atomic E-state index is 4.76. The first-order valence-corrected chi connectivity index (χ1v) is 8.00. The zero-order chi connectivity index (χ0) is 14.5. The second kappa shape index (κ2) is 6.91. The van der Waals surface area contributed by atoms with Gasteiger partial charge >= 0.3 is 0 Å². The predicted octanol–water partition coefficient (Wildman–Crippen LogP) is 3.34. The lowest BCUT2D eigenvalue weighted by molar-refractivity contribution is 0.494. The van der Waals surface area contributed by atoms with Crippen LogP contribution in [0.4, 0.5) is 11.6 Å². The van der Waals surface area contributed by atoms with Crippen LogP contribution in [0.1, 0.15) is 46.4 Å². The van der Waals surface area contributed by atoms with Crippen molar-refractivity contribution in [2.45, 2.75) is 47.0 Å². The zero-order valence-electron chi connectivity index (χ0n) is 13.3. The summed E-state index contributed by atoms with van der Waals surface area (Å²) in [5.41, 5.74) is 0. The number of nitrogens with one attached hydrogen (secondary N) is 1. The van der Waals surface area contributed by atoms with Gasteiger partial charge in [0.25, 0.3) is 0 Å². The van der Waals surface area contributed by atoms with Crippen LogP contribution in [-0.4, -0.2) is 29.6 Å². The fourth-order valence-electron chi connectivity index (χ4n) is 2.64. The van der Waals surface area contributed by atoms with E-state index in [2.05, 4.69) is 49.0 Å². The van der Waals surface area contributed by atoms with E-state index in [9.17, 15) is 0 Å². The number of hydrogen-bond donors (Lipinski definition) is 1. The zero-order valence-corrected chi connectivity index (χ0v) is 13.3. The smallest absolute Gasteiger partial charge is 0.134 e. The summed E-state index contributed by atoms with van der Waals surface area (Å²) in [6.45, 7) is 12.2. The average Bonchev–Trinajstić information content (AvgIpc) is 2.77. The minimum Gasteiger partial charge on any atom is -0.370 e. The van der Waals surface area contributed by atoms with Crippen molar-refractivity contribution in [3.63, 3.8) is 0 Å². The van der Waals surface area contributed by atoms with Crippen LogP contribution in [0.3, 0.4) is 0 Å². The van der Waals surface area contributed by atoms with Gasteiger partial charge < -0.3 is 10.2 Å². The third-order valence-electron chi connectivity index (χ3n) is 4.10. The van der Waals surface area contributed by atoms with Crippen molar-refractivity contribution in [2.24, 2.45) is 11.8 Å². The summed E-state index contributed by atoms with van der Waals surface area (Å²) in [6.07, 6.45) is 3.15. The molecule has 1 fully saturated rings. The average molecular weight is 276 g/mol. The van der Waals surface area contributed by atoms with Gasteiger partial charge in [-0.1, -0.05) is 27.7 Å². The highest BCUT2D eigenvalue weighted by Crippen LogP contribution is 2.27. The van der Waals surface area contributed by atoms with Crippen molar-refractivity contribution < 1.29 is 0 Å². The molecule has 2 rings (SSSR count). The van der Waals surface area contributed by atoms with Gasteiger partial charge in [0.1, 0.15) is 17.5 Å². The molecule has 0 bridgehead atoms. The summed E-state index contributed by atoms with van der Waals surface area (Å²) in [6, 6.07) is 2.11. The molecule has 1 aromatic heterocycles. The molecule has 1 saturated heterocycles. The molecule has 2 heterocycles. The van der Waals surface area contributed by atoms with Crippen molar-refractivity contribution >= 4 is 11.6 Å². The van der Waals surface area contributed by atoms with Gasteiger partial charge in [0.2, 0.25) is 0 Å². The summed E-state index contributed by atoms with van der Waals surface area (Å²) in [7, 11) is 0. The van der Waals surface area contributed by atoms with E-state index in [0.29, 0.717) is 0 Å². The van der Waals surface area contributed by atoms with Gasteiger partial charge in [-0.3, -0.25) is 0 Å². The molecule has 0 amide bonds. The Morgan fingerprint density at radius 1 is 1.15 bits per heavy atom. The Kier molecular flexibility index (Phi) is 5.21. The third kappa shape index (κ3) is 3.62. The van der Waals surface area contributed by atoms with Crippen LogP contribution in [0.15, 0.2) is 6.07 Å². The Labute approximate surface area is 123 Å². The molecule has 1 aliphatic heterocycles. The van der Waals surface area contributed by atoms with Gasteiger partial charge in [0, 0.05) is 32.1 Å². The minimum absolute atomic E-state index is 0.742. The lowest BCUT2D eigenvalue weighted by atomic mass is 10.0. The van der Waals surface area contributed by atoms with Crippen LogP contribution >= 0.6 is 0 Å². The molecule has 1 aromatic rings. The van der Waals surface area contributed by atoms with Crippen LogP contribution in [0.5, 0.6) is 0 Å². The first-order valence-electron chi connectivity index (χ1n) is 8.00. The van der Waals surface area contributed by atoms with E-state index in [4.69, 9.17) is 4.98 Å². The first kappa shape index (κ1) is 15.1. The fourth-order valence-corrected chi connectivity index (χ4v) is 2.64. The highest BCUT2D eigenvalue weighted by Gasteiger charge is 2.27. The SMILES string of the molecule is CCCNc1cc(N2CC(C)C(C)C2)nc(CCC)n1. The third-order valence-corrected chi connectivity index (χ3v) is 4.10. The van der Waals surface area contributed by atoms with E-state index in [1.165, 1.54) is 0 Å². The molecule has 0 aromatic carbocycles. The number of aromatic nitrogens is 2. The quantitative estimate of drug-likeness (QED) is 0.865. The van der Waals surface area contributed by atoms with Crippen LogP contribution in [0, 0.1) is 11.8 Å². The van der Waals surface area contributed by atoms with Crippen LogP contribution in [0.25, 0.3) is 0 Å². The summed E-state index contributed by atoms with van der Waals surface area (Å²) < 4.78 is 0. The maximum absolute atomic E-state index is 4.76. The molecule has 1 aliphatic rings. The van der Waals surface area contributed by atoms with E-state index >= 15 is 0 Å². The van der Waals surface area contributed by atoms with E-state index in [1.54, 1.807) is 0 Å². The molecule has 0 saturated carbocycles. The molecule has 4 nitrogen and oxygen atoms in total. The largest absolute Gasteiger partial charge is 0.370 e. The Balaban J connectivity index is 2.20.